The number of halogens is 1. The molecule has 1 aromatic carbocycles. The molecule has 3 rings (SSSR count). The van der Waals surface area contributed by atoms with Crippen molar-refractivity contribution < 1.29 is 4.79 Å². The SMILES string of the molecule is Cc1cnn(CCc2cccnc2)c(=O)c1CC(=O)NCc1cc(Cl)ccc1CN. The van der Waals surface area contributed by atoms with Crippen LogP contribution in [0.1, 0.15) is 27.8 Å². The Hall–Kier alpha value is -3.03. The molecule has 0 aliphatic rings. The van der Waals surface area contributed by atoms with Crippen LogP contribution in [-0.4, -0.2) is 20.7 Å². The largest absolute Gasteiger partial charge is 0.352 e. The highest BCUT2D eigenvalue weighted by Crippen LogP contribution is 2.16. The summed E-state index contributed by atoms with van der Waals surface area (Å²) in [6.45, 7) is 2.85. The highest BCUT2D eigenvalue weighted by molar-refractivity contribution is 6.30. The molecule has 0 saturated heterocycles. The molecular formula is C22H24ClN5O2. The molecule has 0 radical (unpaired) electrons. The second-order valence-corrected chi connectivity index (χ2v) is 7.45. The van der Waals surface area contributed by atoms with Gasteiger partial charge in [-0.3, -0.25) is 14.6 Å². The summed E-state index contributed by atoms with van der Waals surface area (Å²) >= 11 is 6.04. The molecule has 0 aliphatic carbocycles. The molecule has 0 fully saturated rings. The predicted molar refractivity (Wildman–Crippen MR) is 116 cm³/mol. The lowest BCUT2D eigenvalue weighted by Crippen LogP contribution is -2.32. The van der Waals surface area contributed by atoms with E-state index in [1.54, 1.807) is 37.6 Å². The van der Waals surface area contributed by atoms with Gasteiger partial charge in [0.1, 0.15) is 0 Å². The fraction of sp³-hybridized carbons (Fsp3) is 0.273. The summed E-state index contributed by atoms with van der Waals surface area (Å²) < 4.78 is 1.39. The second-order valence-electron chi connectivity index (χ2n) is 7.02. The standard InChI is InChI=1S/C22H24ClN5O2/c1-15-12-27-28(8-6-16-3-2-7-25-13-16)22(30)20(15)10-21(29)26-14-18-9-19(23)5-4-17(18)11-24/h2-5,7,9,12-13H,6,8,10-11,14,24H2,1H3,(H,26,29). The highest BCUT2D eigenvalue weighted by Gasteiger charge is 2.14. The Morgan fingerprint density at radius 1 is 1.23 bits per heavy atom. The molecule has 0 aliphatic heterocycles. The van der Waals surface area contributed by atoms with Crippen LogP contribution in [0.3, 0.4) is 0 Å². The van der Waals surface area contributed by atoms with Crippen LogP contribution < -0.4 is 16.6 Å². The monoisotopic (exact) mass is 425 g/mol. The zero-order valence-corrected chi connectivity index (χ0v) is 17.5. The van der Waals surface area contributed by atoms with Crippen LogP contribution in [0.2, 0.25) is 5.02 Å². The number of carbonyl (C=O) groups is 1. The Labute approximate surface area is 179 Å². The zero-order valence-electron chi connectivity index (χ0n) is 16.8. The van der Waals surface area contributed by atoms with Gasteiger partial charge in [0.2, 0.25) is 5.91 Å². The molecule has 0 atom stereocenters. The third kappa shape index (κ3) is 5.52. The predicted octanol–water partition coefficient (Wildman–Crippen LogP) is 2.16. The van der Waals surface area contributed by atoms with Crippen molar-refractivity contribution in [2.75, 3.05) is 0 Å². The van der Waals surface area contributed by atoms with Crippen molar-refractivity contribution >= 4 is 17.5 Å². The normalized spacial score (nSPS) is 10.8. The fourth-order valence-electron chi connectivity index (χ4n) is 3.14. The van der Waals surface area contributed by atoms with Crippen LogP contribution in [0.15, 0.2) is 53.7 Å². The maximum Gasteiger partial charge on any atom is 0.270 e. The topological polar surface area (TPSA) is 103 Å². The minimum atomic E-state index is -0.251. The fourth-order valence-corrected chi connectivity index (χ4v) is 3.34. The molecular weight excluding hydrogens is 402 g/mol. The number of nitrogens with two attached hydrogens (primary N) is 1. The van der Waals surface area contributed by atoms with E-state index in [1.165, 1.54) is 4.68 Å². The van der Waals surface area contributed by atoms with Crippen LogP contribution >= 0.6 is 11.6 Å². The van der Waals surface area contributed by atoms with E-state index in [-0.39, 0.29) is 17.9 Å². The second kappa shape index (κ2) is 10.1. The van der Waals surface area contributed by atoms with E-state index in [0.717, 1.165) is 16.7 Å². The molecule has 2 heterocycles. The van der Waals surface area contributed by atoms with E-state index in [0.29, 0.717) is 42.2 Å². The van der Waals surface area contributed by atoms with E-state index in [1.807, 2.05) is 18.2 Å². The number of rotatable bonds is 8. The summed E-state index contributed by atoms with van der Waals surface area (Å²) in [7, 11) is 0. The van der Waals surface area contributed by atoms with Crippen LogP contribution in [0.25, 0.3) is 0 Å². The average molecular weight is 426 g/mol. The third-order valence-electron chi connectivity index (χ3n) is 4.90. The van der Waals surface area contributed by atoms with Crippen molar-refractivity contribution in [3.05, 3.63) is 92.1 Å². The van der Waals surface area contributed by atoms with Gasteiger partial charge in [0.15, 0.2) is 0 Å². The summed E-state index contributed by atoms with van der Waals surface area (Å²) in [5.74, 6) is -0.247. The van der Waals surface area contributed by atoms with E-state index < -0.39 is 0 Å². The number of aryl methyl sites for hydroxylation is 3. The van der Waals surface area contributed by atoms with Crippen molar-refractivity contribution in [3.8, 4) is 0 Å². The van der Waals surface area contributed by atoms with Gasteiger partial charge in [-0.05, 0) is 53.8 Å². The van der Waals surface area contributed by atoms with Crippen molar-refractivity contribution in [2.24, 2.45) is 5.73 Å². The third-order valence-corrected chi connectivity index (χ3v) is 5.13. The molecule has 8 heteroatoms. The van der Waals surface area contributed by atoms with Gasteiger partial charge in [-0.15, -0.1) is 0 Å². The molecule has 1 amide bonds. The van der Waals surface area contributed by atoms with Crippen molar-refractivity contribution in [2.45, 2.75) is 39.4 Å². The van der Waals surface area contributed by atoms with Crippen LogP contribution in [0.5, 0.6) is 0 Å². The van der Waals surface area contributed by atoms with Gasteiger partial charge in [0, 0.05) is 42.6 Å². The molecule has 0 unspecified atom stereocenters. The summed E-state index contributed by atoms with van der Waals surface area (Å²) in [6.07, 6.45) is 5.71. The Balaban J connectivity index is 1.67. The smallest absolute Gasteiger partial charge is 0.270 e. The lowest BCUT2D eigenvalue weighted by molar-refractivity contribution is -0.120. The van der Waals surface area contributed by atoms with E-state index >= 15 is 0 Å². The van der Waals surface area contributed by atoms with Crippen LogP contribution in [0, 0.1) is 6.92 Å². The Kier molecular flexibility index (Phi) is 7.32. The number of nitrogens with zero attached hydrogens (tertiary/aromatic N) is 3. The van der Waals surface area contributed by atoms with Gasteiger partial charge >= 0.3 is 0 Å². The molecule has 7 nitrogen and oxygen atoms in total. The van der Waals surface area contributed by atoms with Crippen molar-refractivity contribution in [1.29, 1.82) is 0 Å². The van der Waals surface area contributed by atoms with E-state index in [9.17, 15) is 9.59 Å². The average Bonchev–Trinajstić information content (AvgIpc) is 2.75. The zero-order chi connectivity index (χ0) is 21.5. The number of carbonyl (C=O) groups excluding carboxylic acids is 1. The molecule has 0 bridgehead atoms. The van der Waals surface area contributed by atoms with Gasteiger partial charge in [-0.1, -0.05) is 23.7 Å². The number of benzene rings is 1. The van der Waals surface area contributed by atoms with Crippen LogP contribution in [-0.2, 0) is 37.3 Å². The summed E-state index contributed by atoms with van der Waals surface area (Å²) in [5.41, 5.74) is 9.42. The summed E-state index contributed by atoms with van der Waals surface area (Å²) in [5, 5.41) is 7.64. The highest BCUT2D eigenvalue weighted by atomic mass is 35.5. The van der Waals surface area contributed by atoms with Crippen molar-refractivity contribution in [1.82, 2.24) is 20.1 Å². The lowest BCUT2D eigenvalue weighted by atomic mass is 10.1. The first kappa shape index (κ1) is 21.7. The van der Waals surface area contributed by atoms with Gasteiger partial charge in [0.05, 0.1) is 12.6 Å². The Morgan fingerprint density at radius 2 is 2.07 bits per heavy atom. The van der Waals surface area contributed by atoms with Gasteiger partial charge in [0.25, 0.3) is 5.56 Å². The maximum absolute atomic E-state index is 12.8. The van der Waals surface area contributed by atoms with E-state index in [2.05, 4.69) is 15.4 Å². The number of nitrogens with one attached hydrogen (secondary N) is 1. The van der Waals surface area contributed by atoms with E-state index in [4.69, 9.17) is 17.3 Å². The first-order valence-electron chi connectivity index (χ1n) is 9.66. The summed E-state index contributed by atoms with van der Waals surface area (Å²) in [6, 6.07) is 9.20. The minimum absolute atomic E-state index is 0.0153. The Bertz CT molecular complexity index is 1080. The molecule has 3 aromatic rings. The molecule has 3 N–H and O–H groups in total. The minimum Gasteiger partial charge on any atom is -0.352 e. The number of hydrogen-bond acceptors (Lipinski definition) is 5. The quantitative estimate of drug-likeness (QED) is 0.575. The molecule has 2 aromatic heterocycles. The van der Waals surface area contributed by atoms with Gasteiger partial charge in [-0.2, -0.15) is 5.10 Å². The lowest BCUT2D eigenvalue weighted by Gasteiger charge is -2.12. The molecule has 30 heavy (non-hydrogen) atoms. The number of amides is 1. The maximum atomic E-state index is 12.8. The number of pyridine rings is 1. The first-order valence-corrected chi connectivity index (χ1v) is 10.0. The first-order chi connectivity index (χ1) is 14.5. The Morgan fingerprint density at radius 3 is 2.80 bits per heavy atom. The van der Waals surface area contributed by atoms with Crippen molar-refractivity contribution in [3.63, 3.8) is 0 Å². The molecule has 0 spiro atoms. The van der Waals surface area contributed by atoms with Crippen LogP contribution in [0.4, 0.5) is 0 Å². The number of hydrogen-bond donors (Lipinski definition) is 2. The molecule has 156 valence electrons. The summed E-state index contributed by atoms with van der Waals surface area (Å²) in [4.78, 5) is 29.4. The van der Waals surface area contributed by atoms with Gasteiger partial charge in [-0.25, -0.2) is 4.68 Å². The van der Waals surface area contributed by atoms with Gasteiger partial charge < -0.3 is 11.1 Å². The number of aromatic nitrogens is 3. The molecule has 0 saturated carbocycles.